The number of aliphatic imine (C=N–C) groups is 1. The molecular weight excluding hydrogens is 352 g/mol. The van der Waals surface area contributed by atoms with Crippen molar-refractivity contribution in [3.8, 4) is 5.75 Å². The minimum absolute atomic E-state index is 0.0488. The van der Waals surface area contributed by atoms with Gasteiger partial charge in [0.1, 0.15) is 5.75 Å². The molecule has 0 fully saturated rings. The molecule has 8 heteroatoms. The number of benzene rings is 1. The average Bonchev–Trinajstić information content (AvgIpc) is 2.62. The smallest absolute Gasteiger partial charge is 0.211 e. The maximum Gasteiger partial charge on any atom is 0.211 e. The van der Waals surface area contributed by atoms with Crippen molar-refractivity contribution in [2.24, 2.45) is 10.9 Å². The normalized spacial score (nSPS) is 13.5. The molecule has 0 aromatic heterocycles. The number of nitrogens with one attached hydrogen (secondary N) is 3. The van der Waals surface area contributed by atoms with Gasteiger partial charge in [-0.05, 0) is 37.5 Å². The minimum Gasteiger partial charge on any atom is -0.493 e. The number of sulfonamides is 1. The number of rotatable bonds is 10. The topological polar surface area (TPSA) is 91.8 Å². The van der Waals surface area contributed by atoms with E-state index < -0.39 is 10.0 Å². The van der Waals surface area contributed by atoms with Crippen molar-refractivity contribution >= 4 is 16.0 Å². The summed E-state index contributed by atoms with van der Waals surface area (Å²) in [6.07, 6.45) is 0. The second-order valence-corrected chi connectivity index (χ2v) is 8.53. The van der Waals surface area contributed by atoms with Gasteiger partial charge in [-0.3, -0.25) is 4.99 Å². The van der Waals surface area contributed by atoms with Gasteiger partial charge in [-0.1, -0.05) is 26.0 Å². The van der Waals surface area contributed by atoms with Crippen LogP contribution in [0.3, 0.4) is 0 Å². The van der Waals surface area contributed by atoms with Crippen LogP contribution < -0.4 is 20.1 Å². The molecule has 7 nitrogen and oxygen atoms in total. The van der Waals surface area contributed by atoms with Crippen molar-refractivity contribution in [2.45, 2.75) is 33.7 Å². The highest BCUT2D eigenvalue weighted by Gasteiger charge is 2.09. The van der Waals surface area contributed by atoms with E-state index in [-0.39, 0.29) is 11.8 Å². The molecule has 1 aromatic carbocycles. The highest BCUT2D eigenvalue weighted by atomic mass is 32.2. The fourth-order valence-electron chi connectivity index (χ4n) is 2.09. The van der Waals surface area contributed by atoms with Crippen LogP contribution in [0.25, 0.3) is 0 Å². The average molecular weight is 385 g/mol. The Balaban J connectivity index is 2.47. The third-order valence-electron chi connectivity index (χ3n) is 3.66. The van der Waals surface area contributed by atoms with Gasteiger partial charge in [0.15, 0.2) is 5.96 Å². The Bertz CT molecular complexity index is 658. The number of ether oxygens (including phenoxy) is 1. The van der Waals surface area contributed by atoms with E-state index in [2.05, 4.69) is 34.2 Å². The summed E-state index contributed by atoms with van der Waals surface area (Å²) in [5, 5.41) is 6.38. The van der Waals surface area contributed by atoms with E-state index in [0.29, 0.717) is 31.6 Å². The molecule has 0 spiro atoms. The van der Waals surface area contributed by atoms with Crippen molar-refractivity contribution in [3.63, 3.8) is 0 Å². The third kappa shape index (κ3) is 8.53. The van der Waals surface area contributed by atoms with Gasteiger partial charge >= 0.3 is 0 Å². The van der Waals surface area contributed by atoms with Gasteiger partial charge in [0.05, 0.1) is 18.4 Å². The molecule has 1 aromatic rings. The highest BCUT2D eigenvalue weighted by Crippen LogP contribution is 2.18. The Hall–Kier alpha value is -1.80. The molecule has 0 amide bonds. The fraction of sp³-hybridized carbons (Fsp3) is 0.611. The molecule has 0 radical (unpaired) electrons. The van der Waals surface area contributed by atoms with Crippen molar-refractivity contribution in [1.82, 2.24) is 15.4 Å². The summed E-state index contributed by atoms with van der Waals surface area (Å²) in [4.78, 5) is 4.17. The van der Waals surface area contributed by atoms with Crippen LogP contribution in [0.2, 0.25) is 0 Å². The van der Waals surface area contributed by atoms with E-state index in [0.717, 1.165) is 11.3 Å². The zero-order chi connectivity index (χ0) is 19.6. The first-order valence-corrected chi connectivity index (χ1v) is 10.6. The van der Waals surface area contributed by atoms with E-state index in [9.17, 15) is 8.42 Å². The van der Waals surface area contributed by atoms with E-state index in [4.69, 9.17) is 4.74 Å². The molecule has 0 heterocycles. The van der Waals surface area contributed by atoms with Crippen molar-refractivity contribution in [3.05, 3.63) is 29.8 Å². The van der Waals surface area contributed by atoms with E-state index in [1.54, 1.807) is 14.0 Å². The molecule has 1 rings (SSSR count). The molecule has 1 unspecified atom stereocenters. The Morgan fingerprint density at radius 2 is 1.81 bits per heavy atom. The van der Waals surface area contributed by atoms with Crippen LogP contribution in [0.1, 0.15) is 39.3 Å². The summed E-state index contributed by atoms with van der Waals surface area (Å²) in [5.41, 5.74) is 1.11. The molecule has 148 valence electrons. The van der Waals surface area contributed by atoms with Gasteiger partial charge < -0.3 is 15.4 Å². The molecule has 3 N–H and O–H groups in total. The number of nitrogens with zero attached hydrogens (tertiary/aromatic N) is 1. The van der Waals surface area contributed by atoms with Gasteiger partial charge in [-0.25, -0.2) is 13.1 Å². The van der Waals surface area contributed by atoms with Crippen LogP contribution in [0.5, 0.6) is 5.75 Å². The van der Waals surface area contributed by atoms with Crippen molar-refractivity contribution in [2.75, 3.05) is 32.5 Å². The van der Waals surface area contributed by atoms with E-state index >= 15 is 0 Å². The van der Waals surface area contributed by atoms with Gasteiger partial charge in [-0.2, -0.15) is 0 Å². The lowest BCUT2D eigenvalue weighted by Gasteiger charge is -2.19. The zero-order valence-electron chi connectivity index (χ0n) is 16.4. The lowest BCUT2D eigenvalue weighted by atomic mass is 10.1. The van der Waals surface area contributed by atoms with E-state index in [1.165, 1.54) is 0 Å². The molecule has 0 bridgehead atoms. The van der Waals surface area contributed by atoms with Crippen LogP contribution in [0.15, 0.2) is 29.3 Å². The summed E-state index contributed by atoms with van der Waals surface area (Å²) in [6.45, 7) is 9.35. The molecule has 0 saturated heterocycles. The zero-order valence-corrected chi connectivity index (χ0v) is 17.2. The maximum absolute atomic E-state index is 11.4. The standard InChI is InChI=1S/C18H32N4O3S/c1-6-26(23,24)21-12-11-20-18(19-5)22-15(4)16-7-9-17(10-8-16)25-13-14(2)3/h7-10,14-15,21H,6,11-13H2,1-5H3,(H2,19,20,22). The van der Waals surface area contributed by atoms with Crippen molar-refractivity contribution in [1.29, 1.82) is 0 Å². The van der Waals surface area contributed by atoms with E-state index in [1.807, 2.05) is 31.2 Å². The van der Waals surface area contributed by atoms with Crippen molar-refractivity contribution < 1.29 is 13.2 Å². The van der Waals surface area contributed by atoms with Gasteiger partial charge in [0, 0.05) is 20.1 Å². The predicted molar refractivity (Wildman–Crippen MR) is 107 cm³/mol. The van der Waals surface area contributed by atoms with Gasteiger partial charge in [0.2, 0.25) is 10.0 Å². The monoisotopic (exact) mass is 384 g/mol. The lowest BCUT2D eigenvalue weighted by molar-refractivity contribution is 0.271. The summed E-state index contributed by atoms with van der Waals surface area (Å²) >= 11 is 0. The Morgan fingerprint density at radius 3 is 2.35 bits per heavy atom. The summed E-state index contributed by atoms with van der Waals surface area (Å²) in [6, 6.07) is 8.02. The number of hydrogen-bond donors (Lipinski definition) is 3. The SMILES string of the molecule is CCS(=O)(=O)NCCNC(=NC)NC(C)c1ccc(OCC(C)C)cc1. The molecule has 1 atom stereocenters. The molecule has 0 aliphatic carbocycles. The summed E-state index contributed by atoms with van der Waals surface area (Å²) in [7, 11) is -1.49. The van der Waals surface area contributed by atoms with Gasteiger partial charge in [-0.15, -0.1) is 0 Å². The van der Waals surface area contributed by atoms with Crippen LogP contribution >= 0.6 is 0 Å². The maximum atomic E-state index is 11.4. The first-order chi connectivity index (χ1) is 12.3. The summed E-state index contributed by atoms with van der Waals surface area (Å²) < 4.78 is 31.0. The first kappa shape index (κ1) is 22.2. The minimum atomic E-state index is -3.17. The molecule has 0 aliphatic heterocycles. The highest BCUT2D eigenvalue weighted by molar-refractivity contribution is 7.89. The second-order valence-electron chi connectivity index (χ2n) is 6.44. The Kier molecular flexibility index (Phi) is 9.43. The molecule has 0 saturated carbocycles. The Labute approximate surface area is 157 Å². The molecule has 0 aliphatic rings. The fourth-order valence-corrected chi connectivity index (χ4v) is 2.71. The number of guanidine groups is 1. The largest absolute Gasteiger partial charge is 0.493 e. The Morgan fingerprint density at radius 1 is 1.15 bits per heavy atom. The summed E-state index contributed by atoms with van der Waals surface area (Å²) in [5.74, 6) is 2.05. The molecule has 26 heavy (non-hydrogen) atoms. The second kappa shape index (κ2) is 11.0. The lowest BCUT2D eigenvalue weighted by Crippen LogP contribution is -2.42. The quantitative estimate of drug-likeness (QED) is 0.325. The molecular formula is C18H32N4O3S. The number of hydrogen-bond acceptors (Lipinski definition) is 4. The van der Waals surface area contributed by atoms with Crippen LogP contribution in [-0.2, 0) is 10.0 Å². The van der Waals surface area contributed by atoms with Crippen LogP contribution in [-0.4, -0.2) is 46.9 Å². The first-order valence-electron chi connectivity index (χ1n) is 8.94. The van der Waals surface area contributed by atoms with Crippen LogP contribution in [0, 0.1) is 5.92 Å². The third-order valence-corrected chi connectivity index (χ3v) is 5.06. The van der Waals surface area contributed by atoms with Gasteiger partial charge in [0.25, 0.3) is 0 Å². The van der Waals surface area contributed by atoms with Crippen LogP contribution in [0.4, 0.5) is 0 Å². The predicted octanol–water partition coefficient (Wildman–Crippen LogP) is 1.89.